The van der Waals surface area contributed by atoms with E-state index in [9.17, 15) is 0 Å². The average Bonchev–Trinajstić information content (AvgIpc) is 2.92. The minimum atomic E-state index is 0.363. The second kappa shape index (κ2) is 4.82. The zero-order chi connectivity index (χ0) is 12.5. The fraction of sp³-hybridized carbons (Fsp3) is 0.538. The van der Waals surface area contributed by atoms with Gasteiger partial charge in [-0.25, -0.2) is 0 Å². The molecule has 0 spiro atoms. The predicted octanol–water partition coefficient (Wildman–Crippen LogP) is 2.83. The van der Waals surface area contributed by atoms with Gasteiger partial charge in [0.25, 0.3) is 5.89 Å². The lowest BCUT2D eigenvalue weighted by Gasteiger charge is -2.04. The van der Waals surface area contributed by atoms with Crippen molar-refractivity contribution in [1.82, 2.24) is 15.5 Å². The number of hydrogen-bond acceptors (Lipinski definition) is 5. The van der Waals surface area contributed by atoms with Crippen molar-refractivity contribution in [2.75, 3.05) is 7.05 Å². The van der Waals surface area contributed by atoms with Crippen LogP contribution in [0.3, 0.4) is 0 Å². The molecule has 0 saturated heterocycles. The van der Waals surface area contributed by atoms with Gasteiger partial charge >= 0.3 is 0 Å². The highest BCUT2D eigenvalue weighted by Crippen LogP contribution is 2.46. The van der Waals surface area contributed by atoms with Gasteiger partial charge in [0.2, 0.25) is 0 Å². The molecule has 1 unspecified atom stereocenters. The molecule has 0 aliphatic heterocycles. The first-order valence-electron chi connectivity index (χ1n) is 6.35. The SMILES string of the molecule is CNC(C)Cc1noc(-c2sccc2C2CC2)n1. The molecule has 2 aromatic heterocycles. The highest BCUT2D eigenvalue weighted by molar-refractivity contribution is 7.13. The van der Waals surface area contributed by atoms with Gasteiger partial charge in [0.1, 0.15) is 0 Å². The van der Waals surface area contributed by atoms with Crippen molar-refractivity contribution in [2.45, 2.75) is 38.1 Å². The summed E-state index contributed by atoms with van der Waals surface area (Å²) in [5.41, 5.74) is 1.39. The average molecular weight is 263 g/mol. The first-order chi connectivity index (χ1) is 8.78. The van der Waals surface area contributed by atoms with Crippen LogP contribution >= 0.6 is 11.3 Å². The highest BCUT2D eigenvalue weighted by atomic mass is 32.1. The van der Waals surface area contributed by atoms with Crippen molar-refractivity contribution in [3.8, 4) is 10.8 Å². The van der Waals surface area contributed by atoms with Crippen LogP contribution in [0.25, 0.3) is 10.8 Å². The summed E-state index contributed by atoms with van der Waals surface area (Å²) in [7, 11) is 1.94. The third-order valence-electron chi connectivity index (χ3n) is 3.36. The van der Waals surface area contributed by atoms with E-state index in [0.29, 0.717) is 11.9 Å². The molecule has 5 heteroatoms. The van der Waals surface area contributed by atoms with Crippen LogP contribution in [0.15, 0.2) is 16.0 Å². The van der Waals surface area contributed by atoms with Crippen molar-refractivity contribution in [1.29, 1.82) is 0 Å². The molecule has 1 N–H and O–H groups in total. The summed E-state index contributed by atoms with van der Waals surface area (Å²) >= 11 is 1.70. The second-order valence-electron chi connectivity index (χ2n) is 4.89. The van der Waals surface area contributed by atoms with Crippen LogP contribution in [0.4, 0.5) is 0 Å². The number of nitrogens with zero attached hydrogens (tertiary/aromatic N) is 2. The predicted molar refractivity (Wildman–Crippen MR) is 71.8 cm³/mol. The van der Waals surface area contributed by atoms with E-state index in [0.717, 1.165) is 23.0 Å². The first-order valence-corrected chi connectivity index (χ1v) is 7.23. The van der Waals surface area contributed by atoms with Crippen molar-refractivity contribution in [2.24, 2.45) is 0 Å². The van der Waals surface area contributed by atoms with Gasteiger partial charge in [-0.2, -0.15) is 4.98 Å². The third kappa shape index (κ3) is 2.33. The monoisotopic (exact) mass is 263 g/mol. The Morgan fingerprint density at radius 2 is 2.39 bits per heavy atom. The maximum absolute atomic E-state index is 5.39. The second-order valence-corrected chi connectivity index (χ2v) is 5.81. The number of likely N-dealkylation sites (N-methyl/N-ethyl adjacent to an activating group) is 1. The highest BCUT2D eigenvalue weighted by Gasteiger charge is 2.29. The molecule has 1 aliphatic rings. The lowest BCUT2D eigenvalue weighted by atomic mass is 10.1. The van der Waals surface area contributed by atoms with E-state index in [4.69, 9.17) is 4.52 Å². The molecule has 0 bridgehead atoms. The summed E-state index contributed by atoms with van der Waals surface area (Å²) in [5.74, 6) is 2.19. The quantitative estimate of drug-likeness (QED) is 0.901. The summed E-state index contributed by atoms with van der Waals surface area (Å²) in [6.45, 7) is 2.11. The summed E-state index contributed by atoms with van der Waals surface area (Å²) in [5, 5.41) is 9.35. The lowest BCUT2D eigenvalue weighted by molar-refractivity contribution is 0.418. The smallest absolute Gasteiger partial charge is 0.268 e. The van der Waals surface area contributed by atoms with E-state index in [-0.39, 0.29) is 0 Å². The van der Waals surface area contributed by atoms with Crippen molar-refractivity contribution >= 4 is 11.3 Å². The molecule has 0 radical (unpaired) electrons. The standard InChI is InChI=1S/C13H17N3OS/c1-8(14-2)7-11-15-13(17-16-11)12-10(5-6-18-12)9-3-4-9/h5-6,8-9,14H,3-4,7H2,1-2H3. The van der Waals surface area contributed by atoms with E-state index in [1.807, 2.05) is 7.05 Å². The number of aromatic nitrogens is 2. The lowest BCUT2D eigenvalue weighted by Crippen LogP contribution is -2.24. The molecule has 18 heavy (non-hydrogen) atoms. The Labute approximate surface area is 110 Å². The van der Waals surface area contributed by atoms with E-state index in [1.165, 1.54) is 18.4 Å². The molecule has 96 valence electrons. The van der Waals surface area contributed by atoms with Gasteiger partial charge in [-0.1, -0.05) is 5.16 Å². The van der Waals surface area contributed by atoms with Gasteiger partial charge in [0.15, 0.2) is 5.82 Å². The van der Waals surface area contributed by atoms with Crippen LogP contribution < -0.4 is 5.32 Å². The molecular formula is C13H17N3OS. The molecule has 1 saturated carbocycles. The van der Waals surface area contributed by atoms with E-state index < -0.39 is 0 Å². The maximum atomic E-state index is 5.39. The summed E-state index contributed by atoms with van der Waals surface area (Å²) in [6, 6.07) is 2.55. The molecule has 0 aromatic carbocycles. The van der Waals surface area contributed by atoms with Crippen LogP contribution in [0.5, 0.6) is 0 Å². The zero-order valence-corrected chi connectivity index (χ0v) is 11.5. The molecule has 3 rings (SSSR count). The maximum Gasteiger partial charge on any atom is 0.268 e. The Morgan fingerprint density at radius 1 is 1.56 bits per heavy atom. The van der Waals surface area contributed by atoms with Gasteiger partial charge in [0.05, 0.1) is 4.88 Å². The van der Waals surface area contributed by atoms with Gasteiger partial charge < -0.3 is 9.84 Å². The van der Waals surface area contributed by atoms with Gasteiger partial charge in [0, 0.05) is 12.5 Å². The van der Waals surface area contributed by atoms with Crippen LogP contribution in [0, 0.1) is 0 Å². The molecular weight excluding hydrogens is 246 g/mol. The third-order valence-corrected chi connectivity index (χ3v) is 4.27. The summed E-state index contributed by atoms with van der Waals surface area (Å²) in [4.78, 5) is 5.66. The minimum Gasteiger partial charge on any atom is -0.333 e. The Morgan fingerprint density at radius 3 is 3.11 bits per heavy atom. The van der Waals surface area contributed by atoms with Crippen molar-refractivity contribution in [3.63, 3.8) is 0 Å². The molecule has 1 aliphatic carbocycles. The van der Waals surface area contributed by atoms with Gasteiger partial charge in [-0.05, 0) is 49.7 Å². The zero-order valence-electron chi connectivity index (χ0n) is 10.6. The molecule has 0 amide bonds. The summed E-state index contributed by atoms with van der Waals surface area (Å²) in [6.07, 6.45) is 3.38. The fourth-order valence-electron chi connectivity index (χ4n) is 2.01. The van der Waals surface area contributed by atoms with Crippen LogP contribution in [0.1, 0.15) is 37.1 Å². The van der Waals surface area contributed by atoms with Gasteiger partial charge in [-0.15, -0.1) is 11.3 Å². The normalized spacial score (nSPS) is 17.0. The van der Waals surface area contributed by atoms with Crippen molar-refractivity contribution < 1.29 is 4.52 Å². The van der Waals surface area contributed by atoms with Crippen molar-refractivity contribution in [3.05, 3.63) is 22.8 Å². The number of hydrogen-bond donors (Lipinski definition) is 1. The Balaban J connectivity index is 1.81. The first kappa shape index (κ1) is 11.9. The van der Waals surface area contributed by atoms with E-state index in [1.54, 1.807) is 11.3 Å². The number of nitrogens with one attached hydrogen (secondary N) is 1. The fourth-order valence-corrected chi connectivity index (χ4v) is 2.92. The molecule has 4 nitrogen and oxygen atoms in total. The van der Waals surface area contributed by atoms with Crippen LogP contribution in [-0.2, 0) is 6.42 Å². The summed E-state index contributed by atoms with van der Waals surface area (Å²) < 4.78 is 5.39. The van der Waals surface area contributed by atoms with E-state index in [2.05, 4.69) is 33.8 Å². The molecule has 2 heterocycles. The molecule has 1 atom stereocenters. The topological polar surface area (TPSA) is 51.0 Å². The number of rotatable bonds is 5. The van der Waals surface area contributed by atoms with Crippen LogP contribution in [0.2, 0.25) is 0 Å². The largest absolute Gasteiger partial charge is 0.333 e. The number of thiophene rings is 1. The van der Waals surface area contributed by atoms with E-state index >= 15 is 0 Å². The Kier molecular flexibility index (Phi) is 3.18. The van der Waals surface area contributed by atoms with Crippen LogP contribution in [-0.4, -0.2) is 23.2 Å². The Bertz CT molecular complexity index is 530. The molecule has 2 aromatic rings. The minimum absolute atomic E-state index is 0.363. The van der Waals surface area contributed by atoms with Gasteiger partial charge in [-0.3, -0.25) is 0 Å². The Hall–Kier alpha value is -1.20. The molecule has 1 fully saturated rings.